The van der Waals surface area contributed by atoms with Crippen molar-refractivity contribution in [3.63, 3.8) is 0 Å². The summed E-state index contributed by atoms with van der Waals surface area (Å²) >= 11 is 0. The van der Waals surface area contributed by atoms with Crippen LogP contribution in [0.2, 0.25) is 0 Å². The molecule has 0 bridgehead atoms. The summed E-state index contributed by atoms with van der Waals surface area (Å²) in [4.78, 5) is 12.6. The molecule has 0 radical (unpaired) electrons. The topological polar surface area (TPSA) is 66.5 Å². The summed E-state index contributed by atoms with van der Waals surface area (Å²) < 4.78 is 26.7. The zero-order valence-electron chi connectivity index (χ0n) is 19.9. The first-order valence-electron chi connectivity index (χ1n) is 11.0. The third kappa shape index (κ3) is 6.23. The highest BCUT2D eigenvalue weighted by Crippen LogP contribution is 2.29. The molecule has 3 aromatic carbocycles. The van der Waals surface area contributed by atoms with Crippen LogP contribution in [0.25, 0.3) is 0 Å². The minimum Gasteiger partial charge on any atom is -0.351 e. The van der Waals surface area contributed by atoms with E-state index in [1.54, 1.807) is 12.1 Å². The van der Waals surface area contributed by atoms with Crippen LogP contribution in [0.15, 0.2) is 66.7 Å². The molecule has 1 N–H and O–H groups in total. The number of benzene rings is 3. The Balaban J connectivity index is 1.72. The number of rotatable bonds is 8. The molecule has 3 aromatic rings. The lowest BCUT2D eigenvalue weighted by atomic mass is 10.0. The Morgan fingerprint density at radius 2 is 1.52 bits per heavy atom. The molecule has 6 heteroatoms. The van der Waals surface area contributed by atoms with Gasteiger partial charge in [-0.1, -0.05) is 67.1 Å². The van der Waals surface area contributed by atoms with Gasteiger partial charge < -0.3 is 5.32 Å². The Kier molecular flexibility index (Phi) is 7.59. The third-order valence-corrected chi connectivity index (χ3v) is 6.88. The summed E-state index contributed by atoms with van der Waals surface area (Å²) in [6.45, 7) is 8.68. The summed E-state index contributed by atoms with van der Waals surface area (Å²) in [5.74, 6) is 0.0632. The molecular weight excluding hydrogens is 432 g/mol. The molecule has 0 saturated heterocycles. The Bertz CT molecular complexity index is 1200. The van der Waals surface area contributed by atoms with Crippen molar-refractivity contribution in [2.75, 3.05) is 17.1 Å². The predicted molar refractivity (Wildman–Crippen MR) is 135 cm³/mol. The van der Waals surface area contributed by atoms with Gasteiger partial charge in [0.2, 0.25) is 10.0 Å². The average Bonchev–Trinajstić information content (AvgIpc) is 2.76. The average molecular weight is 465 g/mol. The molecular formula is C27H32N2O3S. The van der Waals surface area contributed by atoms with Crippen LogP contribution in [0.1, 0.15) is 51.0 Å². The predicted octanol–water partition coefficient (Wildman–Crippen LogP) is 5.11. The van der Waals surface area contributed by atoms with Crippen LogP contribution in [0.5, 0.6) is 0 Å². The molecule has 33 heavy (non-hydrogen) atoms. The molecule has 0 spiro atoms. The van der Waals surface area contributed by atoms with Crippen LogP contribution in [0.4, 0.5) is 5.69 Å². The van der Waals surface area contributed by atoms with Crippen LogP contribution in [0, 0.1) is 20.8 Å². The number of aryl methyl sites for hydroxylation is 3. The lowest BCUT2D eigenvalue weighted by Crippen LogP contribution is -2.31. The Labute approximate surface area is 197 Å². The highest BCUT2D eigenvalue weighted by Gasteiger charge is 2.22. The van der Waals surface area contributed by atoms with Crippen molar-refractivity contribution < 1.29 is 13.2 Å². The number of nitrogens with zero attached hydrogens (tertiary/aromatic N) is 1. The van der Waals surface area contributed by atoms with E-state index in [1.807, 2.05) is 63.2 Å². The van der Waals surface area contributed by atoms with Crippen LogP contribution < -0.4 is 9.62 Å². The van der Waals surface area contributed by atoms with Crippen molar-refractivity contribution >= 4 is 21.6 Å². The number of amides is 1. The van der Waals surface area contributed by atoms with Crippen LogP contribution in [-0.4, -0.2) is 27.1 Å². The van der Waals surface area contributed by atoms with Crippen molar-refractivity contribution in [2.45, 2.75) is 40.2 Å². The Hall–Kier alpha value is -3.12. The quantitative estimate of drug-likeness (QED) is 0.504. The molecule has 0 aliphatic carbocycles. The number of carbonyl (C=O) groups excluding carboxylic acids is 1. The van der Waals surface area contributed by atoms with E-state index in [2.05, 4.69) is 24.4 Å². The van der Waals surface area contributed by atoms with Crippen molar-refractivity contribution in [2.24, 2.45) is 0 Å². The van der Waals surface area contributed by atoms with E-state index in [0.29, 0.717) is 17.8 Å². The lowest BCUT2D eigenvalue weighted by Gasteiger charge is -2.26. The van der Waals surface area contributed by atoms with Gasteiger partial charge in [-0.2, -0.15) is 0 Å². The number of anilines is 1. The molecule has 5 nitrogen and oxygen atoms in total. The minimum atomic E-state index is -3.49. The van der Waals surface area contributed by atoms with Crippen molar-refractivity contribution in [3.05, 3.63) is 100 Å². The molecule has 0 heterocycles. The molecule has 0 unspecified atom stereocenters. The van der Waals surface area contributed by atoms with Gasteiger partial charge >= 0.3 is 0 Å². The second-order valence-corrected chi connectivity index (χ2v) is 10.6. The number of hydrogen-bond acceptors (Lipinski definition) is 3. The van der Waals surface area contributed by atoms with Gasteiger partial charge in [-0.25, -0.2) is 8.42 Å². The lowest BCUT2D eigenvalue weighted by molar-refractivity contribution is 0.0951. The highest BCUT2D eigenvalue weighted by molar-refractivity contribution is 7.92. The van der Waals surface area contributed by atoms with Crippen molar-refractivity contribution in [3.8, 4) is 0 Å². The van der Waals surface area contributed by atoms with Crippen LogP contribution in [0.3, 0.4) is 0 Å². The number of sulfonamides is 1. The summed E-state index contributed by atoms with van der Waals surface area (Å²) in [6, 6.07) is 21.2. The molecule has 0 aliphatic rings. The molecule has 174 valence electrons. The monoisotopic (exact) mass is 464 g/mol. The smallest absolute Gasteiger partial charge is 0.251 e. The molecule has 0 aliphatic heterocycles. The largest absolute Gasteiger partial charge is 0.351 e. The van der Waals surface area contributed by atoms with Gasteiger partial charge in [0.1, 0.15) is 0 Å². The fourth-order valence-electron chi connectivity index (χ4n) is 4.10. The van der Waals surface area contributed by atoms with Crippen molar-refractivity contribution in [1.29, 1.82) is 0 Å². The number of nitrogens with one attached hydrogen (secondary N) is 1. The maximum absolute atomic E-state index is 12.6. The SMILES string of the molecule is Cc1cc(C)c(N(Cc2ccc(C(=O)NC[C@@H](C)c3ccccc3)cc2)S(C)(=O)=O)c(C)c1. The van der Waals surface area contributed by atoms with Gasteiger partial charge in [-0.05, 0) is 61.1 Å². The summed E-state index contributed by atoms with van der Waals surface area (Å²) in [7, 11) is -3.49. The molecule has 1 atom stereocenters. The molecule has 0 aromatic heterocycles. The van der Waals surface area contributed by atoms with E-state index in [4.69, 9.17) is 0 Å². The zero-order valence-corrected chi connectivity index (χ0v) is 20.7. The van der Waals surface area contributed by atoms with E-state index >= 15 is 0 Å². The van der Waals surface area contributed by atoms with Gasteiger partial charge in [0.25, 0.3) is 5.91 Å². The number of carbonyl (C=O) groups is 1. The fourth-order valence-corrected chi connectivity index (χ4v) is 5.11. The molecule has 3 rings (SSSR count). The molecule has 0 saturated carbocycles. The van der Waals surface area contributed by atoms with E-state index in [9.17, 15) is 13.2 Å². The normalized spacial score (nSPS) is 12.3. The summed E-state index contributed by atoms with van der Waals surface area (Å²) in [5.41, 5.74) is 6.18. The number of hydrogen-bond donors (Lipinski definition) is 1. The maximum Gasteiger partial charge on any atom is 0.251 e. The van der Waals surface area contributed by atoms with E-state index in [0.717, 1.165) is 22.3 Å². The second-order valence-electron chi connectivity index (χ2n) is 8.74. The maximum atomic E-state index is 12.6. The van der Waals surface area contributed by atoms with Gasteiger partial charge in [-0.15, -0.1) is 0 Å². The van der Waals surface area contributed by atoms with Crippen LogP contribution >= 0.6 is 0 Å². The van der Waals surface area contributed by atoms with Gasteiger partial charge in [-0.3, -0.25) is 9.10 Å². The van der Waals surface area contributed by atoms with E-state index in [1.165, 1.54) is 16.1 Å². The Morgan fingerprint density at radius 1 is 0.939 bits per heavy atom. The van der Waals surface area contributed by atoms with Crippen molar-refractivity contribution in [1.82, 2.24) is 5.32 Å². The molecule has 1 amide bonds. The van der Waals surface area contributed by atoms with Gasteiger partial charge in [0.15, 0.2) is 0 Å². The first-order chi connectivity index (χ1) is 15.6. The Morgan fingerprint density at radius 3 is 2.06 bits per heavy atom. The summed E-state index contributed by atoms with van der Waals surface area (Å²) in [5, 5.41) is 2.98. The van der Waals surface area contributed by atoms with E-state index in [-0.39, 0.29) is 18.4 Å². The first-order valence-corrected chi connectivity index (χ1v) is 12.9. The fraction of sp³-hybridized carbons (Fsp3) is 0.296. The second kappa shape index (κ2) is 10.2. The molecule has 0 fully saturated rings. The standard InChI is InChI=1S/C27H32N2O3S/c1-19-15-20(2)26(21(3)16-19)29(33(5,31)32)18-23-11-13-25(14-12-23)27(30)28-17-22(4)24-9-7-6-8-10-24/h6-16,22H,17-18H2,1-5H3,(H,28,30)/t22-/m1/s1. The van der Waals surface area contributed by atoms with Gasteiger partial charge in [0, 0.05) is 12.1 Å². The van der Waals surface area contributed by atoms with Gasteiger partial charge in [0.05, 0.1) is 18.5 Å². The van der Waals surface area contributed by atoms with Crippen LogP contribution in [-0.2, 0) is 16.6 Å². The zero-order chi connectivity index (χ0) is 24.2. The minimum absolute atomic E-state index is 0.144. The first kappa shape index (κ1) is 24.5. The summed E-state index contributed by atoms with van der Waals surface area (Å²) in [6.07, 6.45) is 1.22. The van der Waals surface area contributed by atoms with E-state index < -0.39 is 10.0 Å². The highest BCUT2D eigenvalue weighted by atomic mass is 32.2. The third-order valence-electron chi connectivity index (χ3n) is 5.76.